The highest BCUT2D eigenvalue weighted by atomic mass is 16.5. The Morgan fingerprint density at radius 3 is 2.88 bits per heavy atom. The Labute approximate surface area is 95.9 Å². The molecule has 0 fully saturated rings. The van der Waals surface area contributed by atoms with Gasteiger partial charge in [-0.05, 0) is 47.8 Å². The molecule has 0 radical (unpaired) electrons. The lowest BCUT2D eigenvalue weighted by atomic mass is 9.89. The summed E-state index contributed by atoms with van der Waals surface area (Å²) >= 11 is 0. The van der Waals surface area contributed by atoms with Gasteiger partial charge in [-0.3, -0.25) is 4.79 Å². The molecule has 1 aliphatic rings. The van der Waals surface area contributed by atoms with E-state index in [2.05, 4.69) is 6.07 Å². The summed E-state index contributed by atoms with van der Waals surface area (Å²) in [6, 6.07) is 6.02. The first-order valence-electron chi connectivity index (χ1n) is 5.65. The summed E-state index contributed by atoms with van der Waals surface area (Å²) in [5.41, 5.74) is 3.39. The molecule has 1 aromatic rings. The molecule has 0 N–H and O–H groups in total. The summed E-state index contributed by atoms with van der Waals surface area (Å²) in [6.45, 7) is 1.91. The Balaban J connectivity index is 2.34. The second-order valence-electron chi connectivity index (χ2n) is 4.01. The van der Waals surface area contributed by atoms with Crippen LogP contribution in [0, 0.1) is 0 Å². The number of hydrogen-bond acceptors (Lipinski definition) is 2. The van der Waals surface area contributed by atoms with E-state index in [4.69, 9.17) is 4.74 Å². The molecule has 0 bridgehead atoms. The van der Waals surface area contributed by atoms with E-state index in [9.17, 15) is 4.79 Å². The zero-order valence-electron chi connectivity index (χ0n) is 9.75. The van der Waals surface area contributed by atoms with E-state index in [1.165, 1.54) is 5.56 Å². The normalized spacial score (nSPS) is 14.0. The number of methoxy groups -OCH3 is 1. The summed E-state index contributed by atoms with van der Waals surface area (Å²) in [7, 11) is 1.67. The predicted molar refractivity (Wildman–Crippen MR) is 64.6 cm³/mol. The fraction of sp³-hybridized carbons (Fsp3) is 0.357. The minimum Gasteiger partial charge on any atom is -0.497 e. The lowest BCUT2D eigenvalue weighted by Gasteiger charge is -2.16. The summed E-state index contributed by atoms with van der Waals surface area (Å²) in [6.07, 6.45) is 4.40. The molecule has 2 heteroatoms. The maximum Gasteiger partial charge on any atom is 0.158 e. The van der Waals surface area contributed by atoms with Crippen LogP contribution in [-0.2, 0) is 11.2 Å². The maximum absolute atomic E-state index is 11.6. The van der Waals surface area contributed by atoms with Gasteiger partial charge >= 0.3 is 0 Å². The van der Waals surface area contributed by atoms with Crippen molar-refractivity contribution in [2.24, 2.45) is 0 Å². The van der Waals surface area contributed by atoms with E-state index in [1.807, 2.05) is 25.1 Å². The monoisotopic (exact) mass is 216 g/mol. The average molecular weight is 216 g/mol. The van der Waals surface area contributed by atoms with Crippen LogP contribution in [0.15, 0.2) is 23.8 Å². The molecule has 0 atom stereocenters. The first-order valence-corrected chi connectivity index (χ1v) is 5.65. The van der Waals surface area contributed by atoms with Gasteiger partial charge in [0.2, 0.25) is 0 Å². The van der Waals surface area contributed by atoms with Gasteiger partial charge in [-0.25, -0.2) is 0 Å². The molecule has 0 aromatic heterocycles. The number of hydrogen-bond donors (Lipinski definition) is 0. The number of aryl methyl sites for hydroxylation is 1. The fourth-order valence-corrected chi connectivity index (χ4v) is 2.04. The van der Waals surface area contributed by atoms with Gasteiger partial charge in [0.15, 0.2) is 5.78 Å². The van der Waals surface area contributed by atoms with Crippen molar-refractivity contribution in [3.63, 3.8) is 0 Å². The van der Waals surface area contributed by atoms with Crippen LogP contribution in [0.4, 0.5) is 0 Å². The van der Waals surface area contributed by atoms with Crippen molar-refractivity contribution in [2.75, 3.05) is 7.11 Å². The van der Waals surface area contributed by atoms with E-state index >= 15 is 0 Å². The van der Waals surface area contributed by atoms with Crippen LogP contribution in [0.3, 0.4) is 0 Å². The molecule has 0 saturated heterocycles. The lowest BCUT2D eigenvalue weighted by Crippen LogP contribution is -2.07. The summed E-state index contributed by atoms with van der Waals surface area (Å²) in [4.78, 5) is 11.6. The van der Waals surface area contributed by atoms with Crippen LogP contribution in [-0.4, -0.2) is 12.9 Å². The van der Waals surface area contributed by atoms with Crippen LogP contribution in [0.1, 0.15) is 30.9 Å². The lowest BCUT2D eigenvalue weighted by molar-refractivity contribution is -0.115. The Morgan fingerprint density at radius 2 is 2.19 bits per heavy atom. The fourth-order valence-electron chi connectivity index (χ4n) is 2.04. The van der Waals surface area contributed by atoms with Gasteiger partial charge < -0.3 is 4.74 Å². The number of fused-ring (bicyclic) bond motifs is 1. The SMILES string of the molecule is CCC(=O)C1=Cc2ccc(OC)cc2CC1. The Bertz CT molecular complexity index is 444. The van der Waals surface area contributed by atoms with Gasteiger partial charge in [-0.15, -0.1) is 0 Å². The van der Waals surface area contributed by atoms with Crippen LogP contribution in [0.25, 0.3) is 6.08 Å². The number of Topliss-reactive ketones (excluding diaryl/α,β-unsaturated/α-hetero) is 1. The third-order valence-corrected chi connectivity index (χ3v) is 3.02. The molecule has 84 valence electrons. The molecule has 0 aliphatic heterocycles. The zero-order valence-corrected chi connectivity index (χ0v) is 9.75. The number of benzene rings is 1. The molecule has 0 unspecified atom stereocenters. The van der Waals surface area contributed by atoms with Crippen molar-refractivity contribution in [3.05, 3.63) is 34.9 Å². The van der Waals surface area contributed by atoms with E-state index in [-0.39, 0.29) is 5.78 Å². The number of ether oxygens (including phenoxy) is 1. The standard InChI is InChI=1S/C14H16O2/c1-3-14(15)12-5-4-11-9-13(16-2)7-6-10(11)8-12/h6-9H,3-5H2,1-2H3. The van der Waals surface area contributed by atoms with Crippen LogP contribution < -0.4 is 4.74 Å². The second-order valence-corrected chi connectivity index (χ2v) is 4.01. The minimum atomic E-state index is 0.265. The molecule has 0 heterocycles. The van der Waals surface area contributed by atoms with Crippen molar-refractivity contribution in [1.29, 1.82) is 0 Å². The Hall–Kier alpha value is -1.57. The predicted octanol–water partition coefficient (Wildman–Crippen LogP) is 3.00. The Kier molecular flexibility index (Phi) is 3.09. The van der Waals surface area contributed by atoms with E-state index < -0.39 is 0 Å². The minimum absolute atomic E-state index is 0.265. The quantitative estimate of drug-likeness (QED) is 0.776. The molecule has 0 spiro atoms. The average Bonchev–Trinajstić information content (AvgIpc) is 2.36. The van der Waals surface area contributed by atoms with E-state index in [0.29, 0.717) is 6.42 Å². The van der Waals surface area contributed by atoms with Gasteiger partial charge in [0.05, 0.1) is 7.11 Å². The number of ketones is 1. The molecule has 0 saturated carbocycles. The van der Waals surface area contributed by atoms with Crippen molar-refractivity contribution in [1.82, 2.24) is 0 Å². The molecular weight excluding hydrogens is 200 g/mol. The highest BCUT2D eigenvalue weighted by Gasteiger charge is 2.15. The highest BCUT2D eigenvalue weighted by molar-refractivity contribution is 6.00. The molecule has 2 rings (SSSR count). The molecule has 1 aliphatic carbocycles. The molecule has 1 aromatic carbocycles. The summed E-state index contributed by atoms with van der Waals surface area (Å²) in [5.74, 6) is 1.15. The zero-order chi connectivity index (χ0) is 11.5. The number of carbonyl (C=O) groups is 1. The van der Waals surface area contributed by atoms with Gasteiger partial charge in [-0.2, -0.15) is 0 Å². The van der Waals surface area contributed by atoms with Gasteiger partial charge in [0.25, 0.3) is 0 Å². The van der Waals surface area contributed by atoms with Crippen molar-refractivity contribution in [2.45, 2.75) is 26.2 Å². The summed E-state index contributed by atoms with van der Waals surface area (Å²) < 4.78 is 5.19. The van der Waals surface area contributed by atoms with Crippen LogP contribution in [0.5, 0.6) is 5.75 Å². The first-order chi connectivity index (χ1) is 7.74. The molecule has 0 amide bonds. The largest absolute Gasteiger partial charge is 0.497 e. The molecule has 16 heavy (non-hydrogen) atoms. The topological polar surface area (TPSA) is 26.3 Å². The number of carbonyl (C=O) groups excluding carboxylic acids is 1. The van der Waals surface area contributed by atoms with Crippen molar-refractivity contribution >= 4 is 11.9 Å². The Morgan fingerprint density at radius 1 is 1.38 bits per heavy atom. The number of rotatable bonds is 3. The van der Waals surface area contributed by atoms with Gasteiger partial charge in [0, 0.05) is 6.42 Å². The van der Waals surface area contributed by atoms with Gasteiger partial charge in [-0.1, -0.05) is 13.0 Å². The van der Waals surface area contributed by atoms with E-state index in [1.54, 1.807) is 7.11 Å². The maximum atomic E-state index is 11.6. The second kappa shape index (κ2) is 4.52. The molecular formula is C14H16O2. The van der Waals surface area contributed by atoms with Gasteiger partial charge in [0.1, 0.15) is 5.75 Å². The third kappa shape index (κ3) is 2.01. The highest BCUT2D eigenvalue weighted by Crippen LogP contribution is 2.27. The molecule has 2 nitrogen and oxygen atoms in total. The third-order valence-electron chi connectivity index (χ3n) is 3.02. The smallest absolute Gasteiger partial charge is 0.158 e. The first kappa shape index (κ1) is 10.9. The van der Waals surface area contributed by atoms with E-state index in [0.717, 1.165) is 29.7 Å². The van der Waals surface area contributed by atoms with Crippen molar-refractivity contribution < 1.29 is 9.53 Å². The summed E-state index contributed by atoms with van der Waals surface area (Å²) in [5, 5.41) is 0. The van der Waals surface area contributed by atoms with Crippen LogP contribution >= 0.6 is 0 Å². The number of allylic oxidation sites excluding steroid dienone is 1. The van der Waals surface area contributed by atoms with Crippen LogP contribution in [0.2, 0.25) is 0 Å². The van der Waals surface area contributed by atoms with Crippen molar-refractivity contribution in [3.8, 4) is 5.75 Å².